The Morgan fingerprint density at radius 3 is 3.14 bits per heavy atom. The molecule has 0 saturated heterocycles. The lowest BCUT2D eigenvalue weighted by Gasteiger charge is -1.99. The van der Waals surface area contributed by atoms with Crippen LogP contribution in [0.25, 0.3) is 10.9 Å². The lowest BCUT2D eigenvalue weighted by atomic mass is 10.3. The second-order valence-electron chi connectivity index (χ2n) is 3.16. The van der Waals surface area contributed by atoms with E-state index in [1.807, 2.05) is 6.92 Å². The van der Waals surface area contributed by atoms with Crippen molar-refractivity contribution in [2.45, 2.75) is 19.8 Å². The molecule has 14 heavy (non-hydrogen) atoms. The normalized spacial score (nSPS) is 10.6. The summed E-state index contributed by atoms with van der Waals surface area (Å²) in [5.74, 6) is 0.734. The highest BCUT2D eigenvalue weighted by Crippen LogP contribution is 2.04. The molecule has 0 amide bonds. The Bertz CT molecular complexity index is 504. The third-order valence-corrected chi connectivity index (χ3v) is 2.04. The van der Waals surface area contributed by atoms with Gasteiger partial charge in [0, 0.05) is 12.6 Å². The molecule has 0 aliphatic carbocycles. The van der Waals surface area contributed by atoms with Gasteiger partial charge in [-0.15, -0.1) is 0 Å². The van der Waals surface area contributed by atoms with Crippen LogP contribution in [0.5, 0.6) is 0 Å². The molecule has 0 bridgehead atoms. The second kappa shape index (κ2) is 3.57. The Kier molecular flexibility index (Phi) is 2.26. The molecule has 72 valence electrons. The van der Waals surface area contributed by atoms with E-state index in [4.69, 9.17) is 0 Å². The van der Waals surface area contributed by atoms with E-state index in [9.17, 15) is 4.79 Å². The minimum absolute atomic E-state index is 0.0825. The highest BCUT2D eigenvalue weighted by Gasteiger charge is 2.01. The van der Waals surface area contributed by atoms with Gasteiger partial charge in [0.05, 0.1) is 17.1 Å². The zero-order valence-corrected chi connectivity index (χ0v) is 7.95. The van der Waals surface area contributed by atoms with Gasteiger partial charge < -0.3 is 4.98 Å². The molecule has 0 unspecified atom stereocenters. The van der Waals surface area contributed by atoms with Crippen LogP contribution >= 0.6 is 0 Å². The summed E-state index contributed by atoms with van der Waals surface area (Å²) in [5, 5.41) is 0.597. The van der Waals surface area contributed by atoms with E-state index in [-0.39, 0.29) is 5.56 Å². The number of nitrogens with one attached hydrogen (secondary N) is 1. The van der Waals surface area contributed by atoms with E-state index >= 15 is 0 Å². The van der Waals surface area contributed by atoms with Gasteiger partial charge in [0.25, 0.3) is 5.56 Å². The number of fused-ring (bicyclic) bond motifs is 1. The number of hydrogen-bond acceptors (Lipinski definition) is 3. The lowest BCUT2D eigenvalue weighted by Crippen LogP contribution is -2.11. The Hall–Kier alpha value is -1.71. The molecule has 2 aromatic heterocycles. The maximum atomic E-state index is 11.6. The first-order chi connectivity index (χ1) is 6.81. The van der Waals surface area contributed by atoms with Crippen molar-refractivity contribution in [3.05, 3.63) is 34.6 Å². The van der Waals surface area contributed by atoms with E-state index in [2.05, 4.69) is 15.0 Å². The third-order valence-electron chi connectivity index (χ3n) is 2.04. The van der Waals surface area contributed by atoms with Crippen molar-refractivity contribution in [3.63, 3.8) is 0 Å². The van der Waals surface area contributed by atoms with Crippen molar-refractivity contribution in [2.75, 3.05) is 0 Å². The largest absolute Gasteiger partial charge is 0.310 e. The maximum absolute atomic E-state index is 11.6. The maximum Gasteiger partial charge on any atom is 0.258 e. The standard InChI is InChI=1S/C10H11N3O/c1-2-3-9-12-8-6-11-5-4-7(8)10(14)13-9/h4-6H,2-3H2,1H3,(H,12,13,14). The van der Waals surface area contributed by atoms with Gasteiger partial charge in [0.2, 0.25) is 0 Å². The minimum Gasteiger partial charge on any atom is -0.310 e. The first-order valence-corrected chi connectivity index (χ1v) is 4.64. The zero-order chi connectivity index (χ0) is 9.97. The van der Waals surface area contributed by atoms with E-state index in [1.54, 1.807) is 18.5 Å². The van der Waals surface area contributed by atoms with Gasteiger partial charge in [0.15, 0.2) is 0 Å². The van der Waals surface area contributed by atoms with Gasteiger partial charge in [-0.1, -0.05) is 6.92 Å². The predicted molar refractivity (Wildman–Crippen MR) is 54.2 cm³/mol. The van der Waals surface area contributed by atoms with Crippen LogP contribution in [0.3, 0.4) is 0 Å². The fourth-order valence-corrected chi connectivity index (χ4v) is 1.39. The van der Waals surface area contributed by atoms with Crippen LogP contribution in [0.4, 0.5) is 0 Å². The van der Waals surface area contributed by atoms with Gasteiger partial charge in [-0.2, -0.15) is 0 Å². The molecule has 4 nitrogen and oxygen atoms in total. The van der Waals surface area contributed by atoms with E-state index in [1.165, 1.54) is 0 Å². The van der Waals surface area contributed by atoms with Crippen LogP contribution in [0.2, 0.25) is 0 Å². The molecular formula is C10H11N3O. The van der Waals surface area contributed by atoms with Gasteiger partial charge in [-0.05, 0) is 12.5 Å². The second-order valence-corrected chi connectivity index (χ2v) is 3.16. The van der Waals surface area contributed by atoms with Crippen LogP contribution in [0.15, 0.2) is 23.3 Å². The number of aryl methyl sites for hydroxylation is 1. The van der Waals surface area contributed by atoms with E-state index < -0.39 is 0 Å². The predicted octanol–water partition coefficient (Wildman–Crippen LogP) is 1.27. The SMILES string of the molecule is CCCc1nc2cnccc2c(=O)[nH]1. The van der Waals surface area contributed by atoms with Crippen LogP contribution in [-0.4, -0.2) is 15.0 Å². The van der Waals surface area contributed by atoms with Crippen LogP contribution in [0.1, 0.15) is 19.2 Å². The van der Waals surface area contributed by atoms with Crippen molar-refractivity contribution in [1.82, 2.24) is 15.0 Å². The van der Waals surface area contributed by atoms with Gasteiger partial charge in [0.1, 0.15) is 5.82 Å². The first kappa shape index (κ1) is 8.87. The molecule has 1 N–H and O–H groups in total. The van der Waals surface area contributed by atoms with Gasteiger partial charge >= 0.3 is 0 Å². The molecule has 2 rings (SSSR count). The number of H-pyrrole nitrogens is 1. The quantitative estimate of drug-likeness (QED) is 0.773. The molecule has 0 aliphatic rings. The topological polar surface area (TPSA) is 58.6 Å². The summed E-state index contributed by atoms with van der Waals surface area (Å²) in [6.45, 7) is 2.05. The Morgan fingerprint density at radius 2 is 2.36 bits per heavy atom. The highest BCUT2D eigenvalue weighted by molar-refractivity contribution is 5.75. The smallest absolute Gasteiger partial charge is 0.258 e. The molecule has 0 atom stereocenters. The molecule has 0 aromatic carbocycles. The number of pyridine rings is 1. The fraction of sp³-hybridized carbons (Fsp3) is 0.300. The third kappa shape index (κ3) is 1.51. The van der Waals surface area contributed by atoms with Crippen molar-refractivity contribution >= 4 is 10.9 Å². The summed E-state index contributed by atoms with van der Waals surface area (Å²) in [6, 6.07) is 1.68. The first-order valence-electron chi connectivity index (χ1n) is 4.64. The van der Waals surface area contributed by atoms with Crippen LogP contribution in [0, 0.1) is 0 Å². The summed E-state index contributed by atoms with van der Waals surface area (Å²) in [6.07, 6.45) is 4.97. The van der Waals surface area contributed by atoms with Crippen molar-refractivity contribution in [3.8, 4) is 0 Å². The van der Waals surface area contributed by atoms with E-state index in [0.717, 1.165) is 18.7 Å². The summed E-state index contributed by atoms with van der Waals surface area (Å²) in [7, 11) is 0. The average Bonchev–Trinajstić information content (AvgIpc) is 2.18. The van der Waals surface area contributed by atoms with Crippen molar-refractivity contribution in [2.24, 2.45) is 0 Å². The average molecular weight is 189 g/mol. The molecule has 0 spiro atoms. The summed E-state index contributed by atoms with van der Waals surface area (Å²) < 4.78 is 0. The highest BCUT2D eigenvalue weighted by atomic mass is 16.1. The zero-order valence-electron chi connectivity index (χ0n) is 7.95. The van der Waals surface area contributed by atoms with E-state index in [0.29, 0.717) is 10.9 Å². The molecule has 2 aromatic rings. The number of aromatic nitrogens is 3. The summed E-state index contributed by atoms with van der Waals surface area (Å²) in [4.78, 5) is 22.6. The molecule has 4 heteroatoms. The fourth-order valence-electron chi connectivity index (χ4n) is 1.39. The Morgan fingerprint density at radius 1 is 1.50 bits per heavy atom. The van der Waals surface area contributed by atoms with Gasteiger partial charge in [-0.25, -0.2) is 4.98 Å². The monoisotopic (exact) mass is 189 g/mol. The molecule has 0 saturated carbocycles. The molecule has 0 radical (unpaired) electrons. The summed E-state index contributed by atoms with van der Waals surface area (Å²) in [5.41, 5.74) is 0.584. The Balaban J connectivity index is 2.66. The molecule has 2 heterocycles. The molecular weight excluding hydrogens is 178 g/mol. The van der Waals surface area contributed by atoms with Crippen LogP contribution < -0.4 is 5.56 Å². The van der Waals surface area contributed by atoms with Crippen molar-refractivity contribution in [1.29, 1.82) is 0 Å². The number of aromatic amines is 1. The van der Waals surface area contributed by atoms with Crippen molar-refractivity contribution < 1.29 is 0 Å². The lowest BCUT2D eigenvalue weighted by molar-refractivity contribution is 0.836. The molecule has 0 fully saturated rings. The molecule has 0 aliphatic heterocycles. The van der Waals surface area contributed by atoms with Crippen LogP contribution in [-0.2, 0) is 6.42 Å². The summed E-state index contributed by atoms with van der Waals surface area (Å²) >= 11 is 0. The minimum atomic E-state index is -0.0825. The van der Waals surface area contributed by atoms with Gasteiger partial charge in [-0.3, -0.25) is 9.78 Å². The number of rotatable bonds is 2. The number of hydrogen-bond donors (Lipinski definition) is 1. The number of nitrogens with zero attached hydrogens (tertiary/aromatic N) is 2. The Labute approximate surface area is 81.0 Å².